The predicted molar refractivity (Wildman–Crippen MR) is 38.1 cm³/mol. The maximum Gasteiger partial charge on any atom is 0.0963 e. The zero-order valence-electron chi connectivity index (χ0n) is 6.40. The summed E-state index contributed by atoms with van der Waals surface area (Å²) in [6.07, 6.45) is 1.47. The summed E-state index contributed by atoms with van der Waals surface area (Å²) in [5.74, 6) is 0.940. The van der Waals surface area contributed by atoms with Crippen LogP contribution in [0, 0.1) is 5.41 Å². The second-order valence-corrected chi connectivity index (χ2v) is 3.44. The summed E-state index contributed by atoms with van der Waals surface area (Å²) in [4.78, 5) is 0. The smallest absolute Gasteiger partial charge is 0.0963 e. The van der Waals surface area contributed by atoms with Gasteiger partial charge in [-0.25, -0.2) is 0 Å². The second kappa shape index (κ2) is 1.76. The summed E-state index contributed by atoms with van der Waals surface area (Å²) in [6.45, 7) is 10.2. The van der Waals surface area contributed by atoms with Crippen LogP contribution < -0.4 is 0 Å². The van der Waals surface area contributed by atoms with Gasteiger partial charge in [0.15, 0.2) is 0 Å². The summed E-state index contributed by atoms with van der Waals surface area (Å²) < 4.78 is 5.38. The molecule has 0 saturated carbocycles. The normalized spacial score (nSPS) is 32.3. The Bertz CT molecular complexity index is 136. The van der Waals surface area contributed by atoms with Gasteiger partial charge < -0.3 is 4.74 Å². The van der Waals surface area contributed by atoms with Crippen molar-refractivity contribution in [3.63, 3.8) is 0 Å². The van der Waals surface area contributed by atoms with E-state index in [1.807, 2.05) is 0 Å². The van der Waals surface area contributed by atoms with Crippen molar-refractivity contribution in [3.05, 3.63) is 12.3 Å². The van der Waals surface area contributed by atoms with E-state index in [2.05, 4.69) is 27.4 Å². The molecule has 1 saturated heterocycles. The van der Waals surface area contributed by atoms with Crippen molar-refractivity contribution in [1.29, 1.82) is 0 Å². The van der Waals surface area contributed by atoms with E-state index in [1.54, 1.807) is 0 Å². The molecule has 0 N–H and O–H groups in total. The minimum Gasteiger partial charge on any atom is -0.495 e. The second-order valence-electron chi connectivity index (χ2n) is 3.44. The number of rotatable bonds is 0. The highest BCUT2D eigenvalue weighted by molar-refractivity contribution is 5.04. The van der Waals surface area contributed by atoms with E-state index in [1.165, 1.54) is 0 Å². The summed E-state index contributed by atoms with van der Waals surface area (Å²) in [7, 11) is 0. The van der Waals surface area contributed by atoms with E-state index in [0.717, 1.165) is 12.2 Å². The topological polar surface area (TPSA) is 9.23 Å². The van der Waals surface area contributed by atoms with Crippen molar-refractivity contribution >= 4 is 0 Å². The Morgan fingerprint density at radius 3 is 2.33 bits per heavy atom. The number of hydrogen-bond acceptors (Lipinski definition) is 1. The largest absolute Gasteiger partial charge is 0.495 e. The standard InChI is InChI=1S/C8H14O/c1-6-5-8(3,4)7(2)9-6/h6H,2,5H2,1,3-4H3. The van der Waals surface area contributed by atoms with Crippen molar-refractivity contribution in [1.82, 2.24) is 0 Å². The van der Waals surface area contributed by atoms with Gasteiger partial charge >= 0.3 is 0 Å². The fourth-order valence-electron chi connectivity index (χ4n) is 1.28. The molecular formula is C8H14O. The van der Waals surface area contributed by atoms with Gasteiger partial charge in [-0.05, 0) is 13.3 Å². The fourth-order valence-corrected chi connectivity index (χ4v) is 1.28. The monoisotopic (exact) mass is 126 g/mol. The quantitative estimate of drug-likeness (QED) is 0.484. The highest BCUT2D eigenvalue weighted by Gasteiger charge is 2.33. The minimum atomic E-state index is 0.208. The van der Waals surface area contributed by atoms with Crippen molar-refractivity contribution in [2.45, 2.75) is 33.3 Å². The van der Waals surface area contributed by atoms with Crippen LogP contribution in [0.15, 0.2) is 12.3 Å². The molecule has 0 amide bonds. The lowest BCUT2D eigenvalue weighted by Crippen LogP contribution is -2.07. The fraction of sp³-hybridized carbons (Fsp3) is 0.750. The Labute approximate surface area is 56.7 Å². The lowest BCUT2D eigenvalue weighted by atomic mass is 9.88. The van der Waals surface area contributed by atoms with E-state index >= 15 is 0 Å². The van der Waals surface area contributed by atoms with Crippen molar-refractivity contribution in [2.24, 2.45) is 5.41 Å². The van der Waals surface area contributed by atoms with Crippen molar-refractivity contribution in [3.8, 4) is 0 Å². The third kappa shape index (κ3) is 1.09. The molecule has 0 aliphatic carbocycles. The molecular weight excluding hydrogens is 112 g/mol. The molecule has 0 spiro atoms. The van der Waals surface area contributed by atoms with Crippen LogP contribution in [0.25, 0.3) is 0 Å². The molecule has 1 aliphatic heterocycles. The molecule has 0 bridgehead atoms. The van der Waals surface area contributed by atoms with Crippen LogP contribution in [-0.2, 0) is 4.74 Å². The van der Waals surface area contributed by atoms with Gasteiger partial charge in [0.25, 0.3) is 0 Å². The van der Waals surface area contributed by atoms with Crippen LogP contribution in [-0.4, -0.2) is 6.10 Å². The minimum absolute atomic E-state index is 0.208. The van der Waals surface area contributed by atoms with E-state index in [-0.39, 0.29) is 5.41 Å². The van der Waals surface area contributed by atoms with Gasteiger partial charge in [-0.3, -0.25) is 0 Å². The number of hydrogen-bond donors (Lipinski definition) is 0. The van der Waals surface area contributed by atoms with E-state index < -0.39 is 0 Å². The van der Waals surface area contributed by atoms with Crippen LogP contribution in [0.3, 0.4) is 0 Å². The molecule has 9 heavy (non-hydrogen) atoms. The Morgan fingerprint density at radius 2 is 2.22 bits per heavy atom. The van der Waals surface area contributed by atoms with Gasteiger partial charge in [0.1, 0.15) is 0 Å². The first-order chi connectivity index (χ1) is 4.02. The summed E-state index contributed by atoms with van der Waals surface area (Å²) in [5.41, 5.74) is 0.208. The molecule has 0 radical (unpaired) electrons. The third-order valence-electron chi connectivity index (χ3n) is 1.90. The lowest BCUT2D eigenvalue weighted by molar-refractivity contribution is 0.176. The summed E-state index contributed by atoms with van der Waals surface area (Å²) in [6, 6.07) is 0. The maximum atomic E-state index is 5.38. The van der Waals surface area contributed by atoms with Crippen LogP contribution in [0.2, 0.25) is 0 Å². The van der Waals surface area contributed by atoms with Gasteiger partial charge in [-0.15, -0.1) is 0 Å². The van der Waals surface area contributed by atoms with E-state index in [4.69, 9.17) is 4.74 Å². The van der Waals surface area contributed by atoms with Gasteiger partial charge in [-0.1, -0.05) is 20.4 Å². The molecule has 1 heteroatoms. The average Bonchev–Trinajstić information content (AvgIpc) is 1.79. The third-order valence-corrected chi connectivity index (χ3v) is 1.90. The molecule has 52 valence electrons. The van der Waals surface area contributed by atoms with Gasteiger partial charge in [-0.2, -0.15) is 0 Å². The molecule has 1 aliphatic rings. The van der Waals surface area contributed by atoms with E-state index in [0.29, 0.717) is 6.10 Å². The Hall–Kier alpha value is -0.460. The van der Waals surface area contributed by atoms with Crippen LogP contribution in [0.5, 0.6) is 0 Å². The number of allylic oxidation sites excluding steroid dienone is 1. The average molecular weight is 126 g/mol. The van der Waals surface area contributed by atoms with Crippen molar-refractivity contribution < 1.29 is 4.74 Å². The van der Waals surface area contributed by atoms with E-state index in [9.17, 15) is 0 Å². The highest BCUT2D eigenvalue weighted by atomic mass is 16.5. The highest BCUT2D eigenvalue weighted by Crippen LogP contribution is 2.39. The van der Waals surface area contributed by atoms with Gasteiger partial charge in [0.2, 0.25) is 0 Å². The molecule has 1 heterocycles. The molecule has 1 atom stereocenters. The molecule has 1 fully saturated rings. The van der Waals surface area contributed by atoms with Crippen LogP contribution in [0.4, 0.5) is 0 Å². The first-order valence-electron chi connectivity index (χ1n) is 3.38. The van der Waals surface area contributed by atoms with Gasteiger partial charge in [0, 0.05) is 5.41 Å². The lowest BCUT2D eigenvalue weighted by Gasteiger charge is -2.13. The molecule has 0 aromatic rings. The molecule has 1 rings (SSSR count). The molecule has 0 aromatic carbocycles. The SMILES string of the molecule is C=C1OC(C)CC1(C)C. The van der Waals surface area contributed by atoms with Crippen molar-refractivity contribution in [2.75, 3.05) is 0 Å². The summed E-state index contributed by atoms with van der Waals surface area (Å²) in [5, 5.41) is 0. The zero-order valence-corrected chi connectivity index (χ0v) is 6.40. The first-order valence-corrected chi connectivity index (χ1v) is 3.38. The maximum absolute atomic E-state index is 5.38. The van der Waals surface area contributed by atoms with Crippen LogP contribution >= 0.6 is 0 Å². The Kier molecular flexibility index (Phi) is 1.30. The Balaban J connectivity index is 2.70. The molecule has 1 nitrogen and oxygen atoms in total. The first kappa shape index (κ1) is 6.66. The predicted octanol–water partition coefficient (Wildman–Crippen LogP) is 2.34. The molecule has 1 unspecified atom stereocenters. The van der Waals surface area contributed by atoms with Gasteiger partial charge in [0.05, 0.1) is 11.9 Å². The zero-order chi connectivity index (χ0) is 7.07. The van der Waals surface area contributed by atoms with Crippen LogP contribution in [0.1, 0.15) is 27.2 Å². The number of ether oxygens (including phenoxy) is 1. The summed E-state index contributed by atoms with van der Waals surface area (Å²) >= 11 is 0. The Morgan fingerprint density at radius 1 is 1.67 bits per heavy atom. The molecule has 0 aromatic heterocycles.